The van der Waals surface area contributed by atoms with Gasteiger partial charge in [-0.05, 0) is 54.9 Å². The molecule has 29 heavy (non-hydrogen) atoms. The summed E-state index contributed by atoms with van der Waals surface area (Å²) >= 11 is 13.4. The van der Waals surface area contributed by atoms with E-state index in [4.69, 9.17) is 23.2 Å². The number of hydrogen-bond donors (Lipinski definition) is 0. The van der Waals surface area contributed by atoms with E-state index in [9.17, 15) is 9.59 Å². The van der Waals surface area contributed by atoms with Crippen molar-refractivity contribution in [3.8, 4) is 0 Å². The van der Waals surface area contributed by atoms with Crippen LogP contribution in [0.5, 0.6) is 0 Å². The molecule has 1 heterocycles. The maximum absolute atomic E-state index is 13.1. The minimum absolute atomic E-state index is 0.277. The zero-order valence-corrected chi connectivity index (χ0v) is 17.6. The van der Waals surface area contributed by atoms with E-state index in [-0.39, 0.29) is 5.91 Å². The number of hydrogen-bond acceptors (Lipinski definition) is 3. The van der Waals surface area contributed by atoms with Crippen LogP contribution in [0.3, 0.4) is 0 Å². The van der Waals surface area contributed by atoms with Gasteiger partial charge in [0.15, 0.2) is 0 Å². The molecule has 7 heteroatoms. The topological polar surface area (TPSA) is 51.4 Å². The number of amides is 1. The first-order chi connectivity index (χ1) is 14.0. The van der Waals surface area contributed by atoms with Crippen molar-refractivity contribution in [2.45, 2.75) is 6.92 Å². The number of nitrogens with zero attached hydrogens (tertiary/aromatic N) is 2. The summed E-state index contributed by atoms with van der Waals surface area (Å²) in [5.41, 5.74) is 2.35. The first-order valence-corrected chi connectivity index (χ1v) is 10.2. The molecule has 1 aromatic heterocycles. The lowest BCUT2D eigenvalue weighted by molar-refractivity contribution is 0.0972. The van der Waals surface area contributed by atoms with Crippen LogP contribution < -0.4 is 4.67 Å². The van der Waals surface area contributed by atoms with Crippen LogP contribution in [-0.2, 0) is 0 Å². The Bertz CT molecular complexity index is 1340. The second kappa shape index (κ2) is 7.95. The van der Waals surface area contributed by atoms with E-state index >= 15 is 0 Å². The molecule has 0 saturated heterocycles. The molecule has 1 amide bonds. The van der Waals surface area contributed by atoms with Gasteiger partial charge in [-0.1, -0.05) is 59.1 Å². The normalized spacial score (nSPS) is 11.8. The van der Waals surface area contributed by atoms with E-state index in [1.807, 2.05) is 25.1 Å². The van der Waals surface area contributed by atoms with E-state index < -0.39 is 5.91 Å². The molecule has 4 nitrogen and oxygen atoms in total. The SMILES string of the molecule is Cc1ccc2c(c1)c(=NC(=O)c1ccccc1Cl)sn2C(=O)c1ccccc1Cl. The molecule has 4 aromatic rings. The van der Waals surface area contributed by atoms with Crippen LogP contribution in [0.1, 0.15) is 26.3 Å². The van der Waals surface area contributed by atoms with Crippen LogP contribution >= 0.6 is 34.7 Å². The molecule has 0 spiro atoms. The first kappa shape index (κ1) is 19.6. The molecule has 0 saturated carbocycles. The van der Waals surface area contributed by atoms with Crippen molar-refractivity contribution >= 4 is 57.5 Å². The largest absolute Gasteiger partial charge is 0.279 e. The van der Waals surface area contributed by atoms with E-state index in [2.05, 4.69) is 4.99 Å². The second-order valence-electron chi connectivity index (χ2n) is 6.39. The van der Waals surface area contributed by atoms with Gasteiger partial charge in [-0.15, -0.1) is 0 Å². The molecule has 0 bridgehead atoms. The fourth-order valence-electron chi connectivity index (χ4n) is 2.95. The van der Waals surface area contributed by atoms with Gasteiger partial charge in [-0.25, -0.2) is 3.96 Å². The number of rotatable bonds is 2. The van der Waals surface area contributed by atoms with Crippen molar-refractivity contribution in [3.63, 3.8) is 0 Å². The molecule has 4 rings (SSSR count). The molecule has 0 N–H and O–H groups in total. The minimum Gasteiger partial charge on any atom is -0.267 e. The Hall–Kier alpha value is -2.73. The molecule has 0 fully saturated rings. The number of carbonyl (C=O) groups excluding carboxylic acids is 2. The quantitative estimate of drug-likeness (QED) is 0.398. The molecular formula is C22H14Cl2N2O2S. The third kappa shape index (κ3) is 3.77. The van der Waals surface area contributed by atoms with Crippen LogP contribution in [0.15, 0.2) is 71.7 Å². The number of aryl methyl sites for hydroxylation is 1. The van der Waals surface area contributed by atoms with Gasteiger partial charge >= 0.3 is 0 Å². The summed E-state index contributed by atoms with van der Waals surface area (Å²) in [7, 11) is 0. The lowest BCUT2D eigenvalue weighted by Crippen LogP contribution is -2.10. The van der Waals surface area contributed by atoms with Crippen LogP contribution in [-0.4, -0.2) is 15.8 Å². The van der Waals surface area contributed by atoms with Gasteiger partial charge in [0.1, 0.15) is 4.67 Å². The van der Waals surface area contributed by atoms with Crippen LogP contribution in [0.4, 0.5) is 0 Å². The number of benzene rings is 3. The van der Waals surface area contributed by atoms with E-state index in [0.29, 0.717) is 31.4 Å². The second-order valence-corrected chi connectivity index (χ2v) is 8.14. The predicted octanol–water partition coefficient (Wildman–Crippen LogP) is 5.75. The summed E-state index contributed by atoms with van der Waals surface area (Å²) in [5.74, 6) is -0.737. The highest BCUT2D eigenvalue weighted by atomic mass is 35.5. The van der Waals surface area contributed by atoms with Gasteiger partial charge in [0, 0.05) is 5.39 Å². The maximum atomic E-state index is 13.1. The Morgan fingerprint density at radius 1 is 0.897 bits per heavy atom. The van der Waals surface area contributed by atoms with Crippen molar-refractivity contribution in [1.29, 1.82) is 0 Å². The Kier molecular flexibility index (Phi) is 5.37. The Morgan fingerprint density at radius 3 is 2.17 bits per heavy atom. The van der Waals surface area contributed by atoms with E-state index in [1.54, 1.807) is 48.5 Å². The standard InChI is InChI=1S/C22H14Cl2N2O2S/c1-13-10-11-19-16(12-13)21(25-20(27)14-6-2-4-8-17(14)23)29-26(19)22(28)15-7-3-5-9-18(15)24/h2-12H,1H3. The molecule has 0 aliphatic rings. The molecule has 0 aliphatic carbocycles. The monoisotopic (exact) mass is 440 g/mol. The molecule has 144 valence electrons. The summed E-state index contributed by atoms with van der Waals surface area (Å²) in [5, 5.41) is 1.42. The summed E-state index contributed by atoms with van der Waals surface area (Å²) in [6, 6.07) is 19.3. The molecule has 3 aromatic carbocycles. The molecular weight excluding hydrogens is 427 g/mol. The fraction of sp³-hybridized carbons (Fsp3) is 0.0455. The van der Waals surface area contributed by atoms with Gasteiger partial charge in [0.05, 0.1) is 26.7 Å². The Labute approximate surface area is 180 Å². The van der Waals surface area contributed by atoms with Crippen molar-refractivity contribution < 1.29 is 9.59 Å². The van der Waals surface area contributed by atoms with Crippen molar-refractivity contribution in [2.75, 3.05) is 0 Å². The molecule has 0 atom stereocenters. The molecule has 0 aliphatic heterocycles. The summed E-state index contributed by atoms with van der Waals surface area (Å²) in [6.07, 6.45) is 0. The fourth-order valence-corrected chi connectivity index (χ4v) is 4.38. The van der Waals surface area contributed by atoms with Gasteiger partial charge < -0.3 is 0 Å². The van der Waals surface area contributed by atoms with Crippen LogP contribution in [0.25, 0.3) is 10.9 Å². The molecule has 0 unspecified atom stereocenters. The number of aromatic nitrogens is 1. The molecule has 0 radical (unpaired) electrons. The van der Waals surface area contributed by atoms with E-state index in [1.165, 1.54) is 3.96 Å². The van der Waals surface area contributed by atoms with Gasteiger partial charge in [-0.3, -0.25) is 9.59 Å². The van der Waals surface area contributed by atoms with Crippen LogP contribution in [0.2, 0.25) is 10.0 Å². The van der Waals surface area contributed by atoms with Crippen LogP contribution in [0, 0.1) is 6.92 Å². The van der Waals surface area contributed by atoms with Gasteiger partial charge in [0.25, 0.3) is 11.8 Å². The average molecular weight is 441 g/mol. The third-order valence-electron chi connectivity index (χ3n) is 4.38. The highest BCUT2D eigenvalue weighted by molar-refractivity contribution is 7.06. The predicted molar refractivity (Wildman–Crippen MR) is 117 cm³/mol. The Morgan fingerprint density at radius 2 is 1.52 bits per heavy atom. The average Bonchev–Trinajstić information content (AvgIpc) is 3.05. The number of halogens is 2. The van der Waals surface area contributed by atoms with E-state index in [0.717, 1.165) is 22.5 Å². The Balaban J connectivity index is 1.91. The van der Waals surface area contributed by atoms with Crippen molar-refractivity contribution in [2.24, 2.45) is 4.99 Å². The lowest BCUT2D eigenvalue weighted by atomic mass is 10.1. The number of fused-ring (bicyclic) bond motifs is 1. The lowest BCUT2D eigenvalue weighted by Gasteiger charge is -2.04. The minimum atomic E-state index is -0.461. The maximum Gasteiger partial charge on any atom is 0.279 e. The zero-order valence-electron chi connectivity index (χ0n) is 15.2. The first-order valence-electron chi connectivity index (χ1n) is 8.71. The zero-order chi connectivity index (χ0) is 20.5. The van der Waals surface area contributed by atoms with Gasteiger partial charge in [-0.2, -0.15) is 4.99 Å². The van der Waals surface area contributed by atoms with Gasteiger partial charge in [0.2, 0.25) is 0 Å². The smallest absolute Gasteiger partial charge is 0.267 e. The summed E-state index contributed by atoms with van der Waals surface area (Å²) in [6.45, 7) is 1.94. The third-order valence-corrected chi connectivity index (χ3v) is 6.06. The number of carbonyl (C=O) groups is 2. The van der Waals surface area contributed by atoms with Crippen molar-refractivity contribution in [1.82, 2.24) is 3.96 Å². The summed E-state index contributed by atoms with van der Waals surface area (Å²) < 4.78 is 1.95. The van der Waals surface area contributed by atoms with Crippen molar-refractivity contribution in [3.05, 3.63) is 98.1 Å². The highest BCUT2D eigenvalue weighted by Gasteiger charge is 2.18. The summed E-state index contributed by atoms with van der Waals surface area (Å²) in [4.78, 5) is 30.1. The highest BCUT2D eigenvalue weighted by Crippen LogP contribution is 2.22.